The maximum atomic E-state index is 13.1. The van der Waals surface area contributed by atoms with Crippen molar-refractivity contribution in [2.24, 2.45) is 0 Å². The zero-order chi connectivity index (χ0) is 10.6. The Kier molecular flexibility index (Phi) is 3.43. The molecule has 1 aromatic rings. The molecule has 0 aliphatic rings. The van der Waals surface area contributed by atoms with E-state index in [2.05, 4.69) is 10.7 Å². The highest BCUT2D eigenvalue weighted by Crippen LogP contribution is 2.23. The second-order valence-electron chi connectivity index (χ2n) is 2.54. The molecular formula is C10H8F2O2. The smallest absolute Gasteiger partial charge is 0.192 e. The molecule has 0 unspecified atom stereocenters. The summed E-state index contributed by atoms with van der Waals surface area (Å²) in [6.07, 6.45) is 4.87. The second-order valence-corrected chi connectivity index (χ2v) is 2.54. The van der Waals surface area contributed by atoms with Gasteiger partial charge in [0.25, 0.3) is 0 Å². The molecule has 0 aromatic heterocycles. The second kappa shape index (κ2) is 4.58. The Morgan fingerprint density at radius 3 is 2.36 bits per heavy atom. The largest absolute Gasteiger partial charge is 0.475 e. The Morgan fingerprint density at radius 1 is 1.36 bits per heavy atom. The number of hydrogen-bond acceptors (Lipinski definition) is 2. The molecule has 0 spiro atoms. The van der Waals surface area contributed by atoms with Crippen molar-refractivity contribution in [3.63, 3.8) is 0 Å². The van der Waals surface area contributed by atoms with Crippen LogP contribution in [0.25, 0.3) is 0 Å². The summed E-state index contributed by atoms with van der Waals surface area (Å²) in [5, 5.41) is 8.65. The first-order valence-corrected chi connectivity index (χ1v) is 3.84. The van der Waals surface area contributed by atoms with Gasteiger partial charge in [-0.3, -0.25) is 0 Å². The predicted octanol–water partition coefficient (Wildman–Crippen LogP) is 1.47. The molecule has 0 aliphatic heterocycles. The first-order chi connectivity index (χ1) is 6.69. The summed E-state index contributed by atoms with van der Waals surface area (Å²) < 4.78 is 30.8. The van der Waals surface area contributed by atoms with Crippen molar-refractivity contribution >= 4 is 0 Å². The normalized spacial score (nSPS) is 9.57. The van der Waals surface area contributed by atoms with Crippen molar-refractivity contribution in [2.75, 3.05) is 6.61 Å². The number of aliphatic hydroxyl groups is 1. The van der Waals surface area contributed by atoms with Crippen LogP contribution >= 0.6 is 0 Å². The highest BCUT2D eigenvalue weighted by atomic mass is 19.1. The summed E-state index contributed by atoms with van der Waals surface area (Å²) in [6.45, 7) is -0.629. The van der Waals surface area contributed by atoms with Gasteiger partial charge in [-0.05, 0) is 17.7 Å². The Labute approximate surface area is 80.1 Å². The van der Waals surface area contributed by atoms with E-state index >= 15 is 0 Å². The van der Waals surface area contributed by atoms with Crippen molar-refractivity contribution in [2.45, 2.75) is 6.61 Å². The van der Waals surface area contributed by atoms with Gasteiger partial charge < -0.3 is 9.84 Å². The van der Waals surface area contributed by atoms with Gasteiger partial charge >= 0.3 is 0 Å². The molecule has 1 aromatic carbocycles. The number of terminal acetylenes is 1. The molecule has 14 heavy (non-hydrogen) atoms. The van der Waals surface area contributed by atoms with Gasteiger partial charge in [0.1, 0.15) is 6.61 Å². The van der Waals surface area contributed by atoms with Crippen molar-refractivity contribution in [1.29, 1.82) is 0 Å². The van der Waals surface area contributed by atoms with Gasteiger partial charge in [-0.25, -0.2) is 8.78 Å². The summed E-state index contributed by atoms with van der Waals surface area (Å²) in [7, 11) is 0. The van der Waals surface area contributed by atoms with Gasteiger partial charge in [0.05, 0.1) is 6.61 Å². The lowest BCUT2D eigenvalue weighted by atomic mass is 10.2. The minimum atomic E-state index is -0.871. The summed E-state index contributed by atoms with van der Waals surface area (Å²) >= 11 is 0. The average Bonchev–Trinajstić information content (AvgIpc) is 2.16. The summed E-state index contributed by atoms with van der Waals surface area (Å²) in [5.41, 5.74) is 0.146. The van der Waals surface area contributed by atoms with Crippen LogP contribution in [0.5, 0.6) is 5.75 Å². The van der Waals surface area contributed by atoms with E-state index in [0.717, 1.165) is 12.1 Å². The Balaban J connectivity index is 3.00. The minimum absolute atomic E-state index is 0.146. The van der Waals surface area contributed by atoms with Crippen LogP contribution in [0, 0.1) is 24.0 Å². The number of hydrogen-bond donors (Lipinski definition) is 1. The van der Waals surface area contributed by atoms with Crippen LogP contribution in [0.15, 0.2) is 12.1 Å². The summed E-state index contributed by atoms with van der Waals surface area (Å²) in [5.74, 6) is -0.162. The van der Waals surface area contributed by atoms with Gasteiger partial charge in [-0.2, -0.15) is 0 Å². The predicted molar refractivity (Wildman–Crippen MR) is 46.6 cm³/mol. The molecule has 0 radical (unpaired) electrons. The van der Waals surface area contributed by atoms with E-state index in [1.165, 1.54) is 0 Å². The molecule has 0 heterocycles. The molecule has 0 saturated heterocycles. The zero-order valence-corrected chi connectivity index (χ0v) is 7.26. The van der Waals surface area contributed by atoms with Gasteiger partial charge in [0.2, 0.25) is 0 Å². The van der Waals surface area contributed by atoms with E-state index in [1.807, 2.05) is 0 Å². The number of ether oxygens (including phenoxy) is 1. The Bertz CT molecular complexity index is 346. The van der Waals surface area contributed by atoms with Crippen LogP contribution in [-0.2, 0) is 6.61 Å². The summed E-state index contributed by atoms with van der Waals surface area (Å²) in [6, 6.07) is 1.99. The third-order valence-electron chi connectivity index (χ3n) is 1.54. The van der Waals surface area contributed by atoms with Crippen LogP contribution in [0.2, 0.25) is 0 Å². The highest BCUT2D eigenvalue weighted by molar-refractivity contribution is 5.31. The molecule has 4 heteroatoms. The fourth-order valence-electron chi connectivity index (χ4n) is 0.955. The molecule has 0 bridgehead atoms. The Hall–Kier alpha value is -1.60. The minimum Gasteiger partial charge on any atom is -0.475 e. The first kappa shape index (κ1) is 10.5. The molecule has 1 rings (SSSR count). The molecule has 0 atom stereocenters. The van der Waals surface area contributed by atoms with E-state index in [1.54, 1.807) is 0 Å². The van der Waals surface area contributed by atoms with E-state index in [0.29, 0.717) is 0 Å². The van der Waals surface area contributed by atoms with E-state index in [-0.39, 0.29) is 12.2 Å². The SMILES string of the molecule is C#CCOc1c(F)cc(CO)cc1F. The van der Waals surface area contributed by atoms with Gasteiger partial charge in [-0.1, -0.05) is 5.92 Å². The molecule has 0 aliphatic carbocycles. The lowest BCUT2D eigenvalue weighted by Crippen LogP contribution is -2.00. The van der Waals surface area contributed by atoms with Crippen LogP contribution in [0.1, 0.15) is 5.56 Å². The lowest BCUT2D eigenvalue weighted by molar-refractivity contribution is 0.278. The third-order valence-corrected chi connectivity index (χ3v) is 1.54. The number of rotatable bonds is 3. The van der Waals surface area contributed by atoms with Gasteiger partial charge in [0.15, 0.2) is 17.4 Å². The van der Waals surface area contributed by atoms with Gasteiger partial charge in [-0.15, -0.1) is 6.42 Å². The third kappa shape index (κ3) is 2.21. The van der Waals surface area contributed by atoms with Crippen molar-refractivity contribution in [3.05, 3.63) is 29.3 Å². The number of benzene rings is 1. The molecule has 0 fully saturated rings. The van der Waals surface area contributed by atoms with Crippen LogP contribution < -0.4 is 4.74 Å². The van der Waals surface area contributed by atoms with Crippen molar-refractivity contribution in [3.8, 4) is 18.1 Å². The van der Waals surface area contributed by atoms with E-state index < -0.39 is 24.0 Å². The topological polar surface area (TPSA) is 29.5 Å². The average molecular weight is 198 g/mol. The number of halogens is 2. The van der Waals surface area contributed by atoms with Crippen molar-refractivity contribution in [1.82, 2.24) is 0 Å². The fourth-order valence-corrected chi connectivity index (χ4v) is 0.955. The van der Waals surface area contributed by atoms with Crippen LogP contribution in [0.3, 0.4) is 0 Å². The molecule has 0 amide bonds. The molecule has 1 N–H and O–H groups in total. The van der Waals surface area contributed by atoms with E-state index in [4.69, 9.17) is 11.5 Å². The molecule has 0 saturated carbocycles. The van der Waals surface area contributed by atoms with Crippen LogP contribution in [0.4, 0.5) is 8.78 Å². The maximum absolute atomic E-state index is 13.1. The zero-order valence-electron chi connectivity index (χ0n) is 7.26. The molecule has 74 valence electrons. The highest BCUT2D eigenvalue weighted by Gasteiger charge is 2.11. The van der Waals surface area contributed by atoms with Crippen LogP contribution in [-0.4, -0.2) is 11.7 Å². The molecule has 2 nitrogen and oxygen atoms in total. The standard InChI is InChI=1S/C10H8F2O2/c1-2-3-14-10-8(11)4-7(6-13)5-9(10)12/h1,4-5,13H,3,6H2. The fraction of sp³-hybridized carbons (Fsp3) is 0.200. The Morgan fingerprint density at radius 2 is 1.93 bits per heavy atom. The lowest BCUT2D eigenvalue weighted by Gasteiger charge is -2.06. The number of aliphatic hydroxyl groups excluding tert-OH is 1. The molecular weight excluding hydrogens is 190 g/mol. The first-order valence-electron chi connectivity index (χ1n) is 3.84. The monoisotopic (exact) mass is 198 g/mol. The summed E-state index contributed by atoms with van der Waals surface area (Å²) in [4.78, 5) is 0. The quantitative estimate of drug-likeness (QED) is 0.745. The van der Waals surface area contributed by atoms with Gasteiger partial charge in [0, 0.05) is 0 Å². The van der Waals surface area contributed by atoms with Crippen molar-refractivity contribution < 1.29 is 18.6 Å². The maximum Gasteiger partial charge on any atom is 0.192 e. The van der Waals surface area contributed by atoms with E-state index in [9.17, 15) is 8.78 Å².